The second-order valence-electron chi connectivity index (χ2n) is 20.2. The van der Waals surface area contributed by atoms with Gasteiger partial charge in [0.25, 0.3) is 11.8 Å². The Balaban J connectivity index is 1.28. The highest BCUT2D eigenvalue weighted by Gasteiger charge is 2.70. The number of Topliss-reactive ketones (excluding diaryl/α,β-unsaturated/α-hetero) is 1. The van der Waals surface area contributed by atoms with Crippen LogP contribution in [0, 0.1) is 34.0 Å². The van der Waals surface area contributed by atoms with Crippen LogP contribution in [0.15, 0.2) is 58.6 Å². The first-order chi connectivity index (χ1) is 28.8. The number of rotatable bonds is 18. The van der Waals surface area contributed by atoms with Gasteiger partial charge in [0.2, 0.25) is 17.6 Å². The number of nitrogens with zero attached hydrogens (tertiary/aromatic N) is 2. The second kappa shape index (κ2) is 18.6. The molecule has 62 heavy (non-hydrogen) atoms. The van der Waals surface area contributed by atoms with Gasteiger partial charge in [0, 0.05) is 38.3 Å². The smallest absolute Gasteiger partial charge is 0.315 e. The van der Waals surface area contributed by atoms with Gasteiger partial charge in [-0.25, -0.2) is 13.2 Å². The van der Waals surface area contributed by atoms with Gasteiger partial charge in [-0.3, -0.25) is 24.0 Å². The molecule has 4 N–H and O–H groups in total. The third-order valence-corrected chi connectivity index (χ3v) is 16.5. The number of benzene rings is 1. The standard InChI is InChI=1S/C46H66N6O8S2/c1-12-20-47-40(55)37(53)32(22-28-18-19-28)48-39(54)36-35-31(46(35,9)10)25-52(36)42(57)38(45(6,7)8)50-43(58)49-33(44(3,4)5)21-27(2)62(59,60)34-23-29(26-61-34)24-51(11)41(56)30-16-14-13-15-17-30/h12-17,23,26-28,31-33,35-36,38H,1,18-22,24-25H2,2-11H3,(H,47,55)(H,48,54)(H2,49,50,58)/t27?,31-,32?,33+,35-,36-,38+/m0/s1. The van der Waals surface area contributed by atoms with Gasteiger partial charge in [-0.05, 0) is 82.9 Å². The van der Waals surface area contributed by atoms with E-state index in [1.165, 1.54) is 15.9 Å². The van der Waals surface area contributed by atoms with E-state index in [9.17, 15) is 37.2 Å². The molecule has 2 saturated carbocycles. The van der Waals surface area contributed by atoms with Crippen LogP contribution in [0.4, 0.5) is 4.79 Å². The first-order valence-corrected chi connectivity index (χ1v) is 23.9. The van der Waals surface area contributed by atoms with E-state index >= 15 is 0 Å². The molecule has 3 fully saturated rings. The number of carbonyl (C=O) groups is 6. The van der Waals surface area contributed by atoms with Gasteiger partial charge in [0.05, 0.1) is 11.3 Å². The predicted octanol–water partition coefficient (Wildman–Crippen LogP) is 5.34. The summed E-state index contributed by atoms with van der Waals surface area (Å²) in [7, 11) is -2.18. The van der Waals surface area contributed by atoms with E-state index in [0.29, 0.717) is 17.5 Å². The van der Waals surface area contributed by atoms with Crippen LogP contribution in [0.25, 0.3) is 0 Å². The molecule has 6 amide bonds. The van der Waals surface area contributed by atoms with Gasteiger partial charge in [-0.2, -0.15) is 0 Å². The lowest BCUT2D eigenvalue weighted by molar-refractivity contribution is -0.145. The van der Waals surface area contributed by atoms with Crippen LogP contribution in [0.5, 0.6) is 0 Å². The van der Waals surface area contributed by atoms with E-state index in [-0.39, 0.29) is 59.3 Å². The molecule has 1 aromatic heterocycles. The largest absolute Gasteiger partial charge is 0.346 e. The van der Waals surface area contributed by atoms with E-state index in [0.717, 1.165) is 24.2 Å². The number of nitrogens with one attached hydrogen (secondary N) is 4. The van der Waals surface area contributed by atoms with Crippen molar-refractivity contribution in [3.05, 3.63) is 65.6 Å². The lowest BCUT2D eigenvalue weighted by atomic mass is 9.83. The average Bonchev–Trinajstić information content (AvgIpc) is 3.93. The third-order valence-electron chi connectivity index (χ3n) is 12.8. The van der Waals surface area contributed by atoms with Crippen molar-refractivity contribution in [3.63, 3.8) is 0 Å². The monoisotopic (exact) mass is 894 g/mol. The van der Waals surface area contributed by atoms with Crippen LogP contribution in [-0.4, -0.2) is 103 Å². The maximum atomic E-state index is 14.6. The number of amides is 6. The molecule has 3 aliphatic rings. The summed E-state index contributed by atoms with van der Waals surface area (Å²) in [4.78, 5) is 84.8. The minimum atomic E-state index is -3.84. The first kappa shape index (κ1) is 48.5. The van der Waals surface area contributed by atoms with E-state index in [1.54, 1.807) is 49.7 Å². The van der Waals surface area contributed by atoms with Crippen LogP contribution in [0.1, 0.15) is 104 Å². The molecule has 7 atom stereocenters. The predicted molar refractivity (Wildman–Crippen MR) is 240 cm³/mol. The highest BCUT2D eigenvalue weighted by Crippen LogP contribution is 2.65. The number of likely N-dealkylation sites (tertiary alicyclic amines) is 1. The minimum Gasteiger partial charge on any atom is -0.346 e. The Kier molecular flexibility index (Phi) is 14.6. The summed E-state index contributed by atoms with van der Waals surface area (Å²) in [5.41, 5.74) is -0.418. The number of sulfone groups is 1. The molecule has 1 aliphatic heterocycles. The normalized spacial score (nSPS) is 21.3. The zero-order valence-corrected chi connectivity index (χ0v) is 39.5. The van der Waals surface area contributed by atoms with Gasteiger partial charge in [0.15, 0.2) is 9.84 Å². The maximum Gasteiger partial charge on any atom is 0.315 e. The Hall–Kier alpha value is -4.57. The summed E-state index contributed by atoms with van der Waals surface area (Å²) in [6, 6.07) is 6.12. The highest BCUT2D eigenvalue weighted by atomic mass is 32.2. The quantitative estimate of drug-likeness (QED) is 0.114. The summed E-state index contributed by atoms with van der Waals surface area (Å²) in [6.07, 6.45) is 3.67. The number of hydrogen-bond acceptors (Lipinski definition) is 9. The second-order valence-corrected chi connectivity index (χ2v) is 23.7. The number of piperidine rings is 1. The summed E-state index contributed by atoms with van der Waals surface area (Å²) in [6.45, 7) is 21.1. The van der Waals surface area contributed by atoms with Gasteiger partial charge < -0.3 is 31.1 Å². The van der Waals surface area contributed by atoms with Gasteiger partial charge >= 0.3 is 6.03 Å². The number of urea groups is 1. The van der Waals surface area contributed by atoms with Crippen LogP contribution < -0.4 is 21.3 Å². The first-order valence-electron chi connectivity index (χ1n) is 21.5. The molecule has 2 aliphatic carbocycles. The molecule has 0 radical (unpaired) electrons. The molecule has 5 rings (SSSR count). The van der Waals surface area contributed by atoms with Crippen molar-refractivity contribution in [3.8, 4) is 0 Å². The number of ketones is 1. The number of fused-ring (bicyclic) bond motifs is 1. The zero-order chi connectivity index (χ0) is 46.1. The Morgan fingerprint density at radius 1 is 0.984 bits per heavy atom. The van der Waals surface area contributed by atoms with Gasteiger partial charge in [-0.15, -0.1) is 17.9 Å². The summed E-state index contributed by atoms with van der Waals surface area (Å²) in [5, 5.41) is 12.1. The van der Waals surface area contributed by atoms with Crippen molar-refractivity contribution in [2.24, 2.45) is 34.0 Å². The molecule has 16 heteroatoms. The molecule has 340 valence electrons. The molecular weight excluding hydrogens is 829 g/mol. The van der Waals surface area contributed by atoms with Crippen molar-refractivity contribution < 1.29 is 37.2 Å². The molecule has 2 aromatic rings. The van der Waals surface area contributed by atoms with Crippen LogP contribution in [-0.2, 0) is 35.6 Å². The molecule has 14 nitrogen and oxygen atoms in total. The fraction of sp³-hybridized carbons (Fsp3) is 0.609. The Bertz CT molecular complexity index is 2140. The minimum absolute atomic E-state index is 0.0240. The summed E-state index contributed by atoms with van der Waals surface area (Å²) in [5.74, 6) is -2.61. The lowest BCUT2D eigenvalue weighted by Crippen LogP contribution is -2.62. The van der Waals surface area contributed by atoms with Crippen molar-refractivity contribution in [2.45, 2.75) is 128 Å². The molecule has 2 heterocycles. The Morgan fingerprint density at radius 2 is 1.63 bits per heavy atom. The topological polar surface area (TPSA) is 191 Å². The lowest BCUT2D eigenvalue weighted by Gasteiger charge is -2.39. The fourth-order valence-electron chi connectivity index (χ4n) is 8.56. The molecule has 0 spiro atoms. The number of carbonyl (C=O) groups excluding carboxylic acids is 6. The summed E-state index contributed by atoms with van der Waals surface area (Å²) < 4.78 is 28.1. The van der Waals surface area contributed by atoms with E-state index < -0.39 is 79.6 Å². The van der Waals surface area contributed by atoms with E-state index in [4.69, 9.17) is 0 Å². The molecule has 1 aromatic carbocycles. The average molecular weight is 895 g/mol. The van der Waals surface area contributed by atoms with Crippen molar-refractivity contribution in [2.75, 3.05) is 20.1 Å². The van der Waals surface area contributed by atoms with Crippen LogP contribution in [0.3, 0.4) is 0 Å². The van der Waals surface area contributed by atoms with Crippen molar-refractivity contribution in [1.82, 2.24) is 31.1 Å². The highest BCUT2D eigenvalue weighted by molar-refractivity contribution is 7.94. The van der Waals surface area contributed by atoms with Crippen LogP contribution in [0.2, 0.25) is 0 Å². The number of hydrogen-bond donors (Lipinski definition) is 4. The molecular formula is C46H66N6O8S2. The molecule has 1 saturated heterocycles. The van der Waals surface area contributed by atoms with Crippen LogP contribution >= 0.6 is 11.3 Å². The maximum absolute atomic E-state index is 14.6. The zero-order valence-electron chi connectivity index (χ0n) is 37.9. The van der Waals surface area contributed by atoms with E-state index in [1.807, 2.05) is 61.5 Å². The SMILES string of the molecule is C=CCNC(=O)C(=O)C(CC1CC1)NC(=O)[C@@H]1[C@@H]2[C@H](CN1C(=O)[C@@H](NC(=O)N[C@H](CC(C)S(=O)(=O)c1cc(CN(C)C(=O)c3ccccc3)cs1)C(C)(C)C)C(C)(C)C)C2(C)C. The Labute approximate surface area is 371 Å². The van der Waals surface area contributed by atoms with Crippen molar-refractivity contribution >= 4 is 56.6 Å². The van der Waals surface area contributed by atoms with Gasteiger partial charge in [0.1, 0.15) is 16.3 Å². The summed E-state index contributed by atoms with van der Waals surface area (Å²) >= 11 is 1.09. The third kappa shape index (κ3) is 11.1. The van der Waals surface area contributed by atoms with Gasteiger partial charge in [-0.1, -0.05) is 92.5 Å². The number of thiophene rings is 1. The van der Waals surface area contributed by atoms with E-state index in [2.05, 4.69) is 27.8 Å². The molecule has 2 unspecified atom stereocenters. The Morgan fingerprint density at radius 3 is 2.21 bits per heavy atom. The molecule has 0 bridgehead atoms. The van der Waals surface area contributed by atoms with Crippen molar-refractivity contribution in [1.29, 1.82) is 0 Å². The fourth-order valence-corrected chi connectivity index (χ4v) is 11.5.